The molecule has 2 bridgehead atoms. The summed E-state index contributed by atoms with van der Waals surface area (Å²) in [5, 5.41) is 11.5. The number of carbonyl (C=O) groups excluding carboxylic acids is 3. The largest absolute Gasteiger partial charge is 0.298 e. The van der Waals surface area contributed by atoms with E-state index in [4.69, 9.17) is 0 Å². The molecule has 2 fully saturated rings. The van der Waals surface area contributed by atoms with Gasteiger partial charge in [-0.1, -0.05) is 73.7 Å². The Morgan fingerprint density at radius 1 is 0.842 bits per heavy atom. The van der Waals surface area contributed by atoms with Crippen LogP contribution in [0.5, 0.6) is 0 Å². The Bertz CT molecular complexity index is 1580. The van der Waals surface area contributed by atoms with Crippen molar-refractivity contribution in [2.75, 3.05) is 4.90 Å². The third kappa shape index (κ3) is 2.76. The molecule has 2 amide bonds. The van der Waals surface area contributed by atoms with Crippen LogP contribution >= 0.6 is 0 Å². The molecule has 1 heterocycles. The van der Waals surface area contributed by atoms with Crippen LogP contribution < -0.4 is 4.90 Å². The number of amides is 2. The standard InChI is InChI=1S/C31H26N2O5/c1-4-31-24(20-13-9-6-10-14-20)23(19-11-7-5-8-12-19)30(3,29(31)36)25-26(31)28(35)32(27(25)34)22-17-21(33(37)38)16-15-18(22)2/h5-17,25-26H,4H2,1-3H3/t25-,26-,30-,31+/m0/s1. The molecule has 1 saturated heterocycles. The normalized spacial score (nSPS) is 27.9. The summed E-state index contributed by atoms with van der Waals surface area (Å²) >= 11 is 0. The van der Waals surface area contributed by atoms with Crippen LogP contribution in [0.3, 0.4) is 0 Å². The molecule has 7 nitrogen and oxygen atoms in total. The van der Waals surface area contributed by atoms with Gasteiger partial charge in [0.1, 0.15) is 0 Å². The maximum Gasteiger partial charge on any atom is 0.271 e. The number of carbonyl (C=O) groups is 3. The Morgan fingerprint density at radius 3 is 1.95 bits per heavy atom. The van der Waals surface area contributed by atoms with Crippen molar-refractivity contribution in [3.63, 3.8) is 0 Å². The van der Waals surface area contributed by atoms with Crippen molar-refractivity contribution in [3.8, 4) is 0 Å². The van der Waals surface area contributed by atoms with E-state index in [2.05, 4.69) is 0 Å². The van der Waals surface area contributed by atoms with Gasteiger partial charge in [-0.25, -0.2) is 4.90 Å². The van der Waals surface area contributed by atoms with Crippen LogP contribution in [0.25, 0.3) is 11.1 Å². The summed E-state index contributed by atoms with van der Waals surface area (Å²) in [5.74, 6) is -2.83. The van der Waals surface area contributed by atoms with Crippen molar-refractivity contribution >= 4 is 40.1 Å². The van der Waals surface area contributed by atoms with Gasteiger partial charge in [-0.3, -0.25) is 24.5 Å². The van der Waals surface area contributed by atoms with E-state index in [0.717, 1.165) is 27.2 Å². The van der Waals surface area contributed by atoms with E-state index in [-0.39, 0.29) is 17.2 Å². The van der Waals surface area contributed by atoms with Gasteiger partial charge in [0.2, 0.25) is 11.8 Å². The van der Waals surface area contributed by atoms with Gasteiger partial charge in [0.05, 0.1) is 33.3 Å². The van der Waals surface area contributed by atoms with Crippen molar-refractivity contribution in [1.82, 2.24) is 0 Å². The highest BCUT2D eigenvalue weighted by Gasteiger charge is 2.79. The van der Waals surface area contributed by atoms with Crippen molar-refractivity contribution < 1.29 is 19.3 Å². The highest BCUT2D eigenvalue weighted by Crippen LogP contribution is 2.74. The average molecular weight is 507 g/mol. The van der Waals surface area contributed by atoms with Crippen LogP contribution in [0, 0.1) is 39.7 Å². The number of Topliss-reactive ketones (excluding diaryl/α,β-unsaturated/α-hetero) is 1. The number of rotatable bonds is 5. The fourth-order valence-corrected chi connectivity index (χ4v) is 7.32. The Morgan fingerprint density at radius 2 is 1.39 bits per heavy atom. The fourth-order valence-electron chi connectivity index (χ4n) is 7.32. The number of hydrogen-bond donors (Lipinski definition) is 0. The van der Waals surface area contributed by atoms with Gasteiger partial charge in [-0.15, -0.1) is 0 Å². The molecule has 0 unspecified atom stereocenters. The van der Waals surface area contributed by atoms with Gasteiger partial charge in [0, 0.05) is 12.1 Å². The van der Waals surface area contributed by atoms with Crippen LogP contribution in [-0.4, -0.2) is 22.5 Å². The third-order valence-electron chi connectivity index (χ3n) is 8.88. The predicted molar refractivity (Wildman–Crippen MR) is 143 cm³/mol. The highest BCUT2D eigenvalue weighted by molar-refractivity contribution is 6.34. The molecule has 0 N–H and O–H groups in total. The van der Waals surface area contributed by atoms with E-state index >= 15 is 0 Å². The molecular formula is C31H26N2O5. The zero-order valence-electron chi connectivity index (χ0n) is 21.3. The van der Waals surface area contributed by atoms with Gasteiger partial charge in [-0.2, -0.15) is 0 Å². The molecule has 4 atom stereocenters. The van der Waals surface area contributed by atoms with E-state index in [1.165, 1.54) is 12.1 Å². The Labute approximate surface area is 219 Å². The molecule has 0 aromatic heterocycles. The van der Waals surface area contributed by atoms with Gasteiger partial charge < -0.3 is 0 Å². The van der Waals surface area contributed by atoms with Crippen molar-refractivity contribution in [3.05, 3.63) is 106 Å². The van der Waals surface area contributed by atoms with Crippen LogP contribution in [-0.2, 0) is 14.4 Å². The summed E-state index contributed by atoms with van der Waals surface area (Å²) in [6.07, 6.45) is 0.351. The van der Waals surface area contributed by atoms with Crippen LogP contribution in [0.15, 0.2) is 78.9 Å². The number of benzene rings is 3. The topological polar surface area (TPSA) is 97.6 Å². The highest BCUT2D eigenvalue weighted by atomic mass is 16.6. The predicted octanol–water partition coefficient (Wildman–Crippen LogP) is 5.62. The quantitative estimate of drug-likeness (QED) is 0.254. The average Bonchev–Trinajstić information content (AvgIpc) is 3.39. The number of aryl methyl sites for hydroxylation is 1. The smallest absolute Gasteiger partial charge is 0.271 e. The Hall–Kier alpha value is -4.39. The van der Waals surface area contributed by atoms with E-state index < -0.39 is 39.4 Å². The van der Waals surface area contributed by atoms with Crippen LogP contribution in [0.1, 0.15) is 37.0 Å². The summed E-state index contributed by atoms with van der Waals surface area (Å²) in [6.45, 7) is 5.42. The molecule has 0 spiro atoms. The van der Waals surface area contributed by atoms with Crippen molar-refractivity contribution in [1.29, 1.82) is 0 Å². The second-order valence-corrected chi connectivity index (χ2v) is 10.5. The summed E-state index contributed by atoms with van der Waals surface area (Å²) in [4.78, 5) is 55.0. The van der Waals surface area contributed by atoms with Gasteiger partial charge in [0.15, 0.2) is 5.78 Å². The number of anilines is 1. The monoisotopic (exact) mass is 506 g/mol. The number of nitrogens with zero attached hydrogens (tertiary/aromatic N) is 2. The maximum absolute atomic E-state index is 14.5. The molecule has 3 aliphatic rings. The van der Waals surface area contributed by atoms with Crippen LogP contribution in [0.2, 0.25) is 0 Å². The van der Waals surface area contributed by atoms with E-state index in [1.807, 2.05) is 67.6 Å². The van der Waals surface area contributed by atoms with Crippen molar-refractivity contribution in [2.24, 2.45) is 22.7 Å². The van der Waals surface area contributed by atoms with Crippen molar-refractivity contribution in [2.45, 2.75) is 27.2 Å². The van der Waals surface area contributed by atoms with E-state index in [9.17, 15) is 24.5 Å². The molecule has 3 aromatic carbocycles. The van der Waals surface area contributed by atoms with E-state index in [0.29, 0.717) is 12.0 Å². The molecule has 1 aliphatic heterocycles. The summed E-state index contributed by atoms with van der Waals surface area (Å²) < 4.78 is 0. The maximum atomic E-state index is 14.5. The lowest BCUT2D eigenvalue weighted by molar-refractivity contribution is -0.384. The number of imide groups is 1. The third-order valence-corrected chi connectivity index (χ3v) is 8.88. The number of hydrogen-bond acceptors (Lipinski definition) is 5. The molecule has 1 saturated carbocycles. The van der Waals surface area contributed by atoms with E-state index in [1.54, 1.807) is 19.9 Å². The lowest BCUT2D eigenvalue weighted by Crippen LogP contribution is -2.41. The summed E-state index contributed by atoms with van der Waals surface area (Å²) in [6, 6.07) is 23.4. The van der Waals surface area contributed by atoms with Gasteiger partial charge in [0.25, 0.3) is 5.69 Å². The molecular weight excluding hydrogens is 480 g/mol. The Kier molecular flexibility index (Phi) is 5.08. The number of allylic oxidation sites excluding steroid dienone is 2. The zero-order chi connectivity index (χ0) is 27.0. The minimum absolute atomic E-state index is 0.0997. The number of nitro groups is 1. The molecule has 190 valence electrons. The molecule has 3 aromatic rings. The first-order chi connectivity index (χ1) is 18.2. The lowest BCUT2D eigenvalue weighted by Gasteiger charge is -2.37. The number of non-ortho nitro benzene ring substituents is 1. The van der Waals surface area contributed by atoms with Gasteiger partial charge >= 0.3 is 0 Å². The minimum atomic E-state index is -1.23. The molecule has 6 rings (SSSR count). The second kappa shape index (κ2) is 8.05. The van der Waals surface area contributed by atoms with Gasteiger partial charge in [-0.05, 0) is 48.1 Å². The summed E-state index contributed by atoms with van der Waals surface area (Å²) in [5.41, 5.74) is 1.45. The second-order valence-electron chi connectivity index (χ2n) is 10.5. The number of ketones is 1. The first-order valence-electron chi connectivity index (χ1n) is 12.7. The number of nitro benzene ring substituents is 1. The SMILES string of the molecule is CC[C@@]12C(=O)[C@@](C)(C(c3ccccc3)=C1c1ccccc1)[C@@H]1C(=O)N(c3cc([N+](=O)[O-])ccc3C)C(=O)[C@H]12. The Balaban J connectivity index is 1.63. The first-order valence-corrected chi connectivity index (χ1v) is 12.7. The number of fused-ring (bicyclic) bond motifs is 5. The first kappa shape index (κ1) is 24.0. The van der Waals surface area contributed by atoms with Crippen LogP contribution in [0.4, 0.5) is 11.4 Å². The lowest BCUT2D eigenvalue weighted by atomic mass is 9.62. The zero-order valence-corrected chi connectivity index (χ0v) is 21.3. The molecule has 2 aliphatic carbocycles. The molecule has 38 heavy (non-hydrogen) atoms. The molecule has 0 radical (unpaired) electrons. The minimum Gasteiger partial charge on any atom is -0.298 e. The molecule has 7 heteroatoms. The summed E-state index contributed by atoms with van der Waals surface area (Å²) in [7, 11) is 0. The fraction of sp³-hybridized carbons (Fsp3) is 0.258.